The Kier molecular flexibility index (Phi) is 34.9. The quantitative estimate of drug-likeness (QED) is 0.0234. The highest BCUT2D eigenvalue weighted by Crippen LogP contribution is 2.30. The third-order valence-electron chi connectivity index (χ3n) is 12.2. The molecule has 382 valence electrons. The number of allylic oxidation sites excluding steroid dienone is 9. The third kappa shape index (κ3) is 25.3. The van der Waals surface area contributed by atoms with Gasteiger partial charge in [-0.05, 0) is 70.6 Å². The maximum atomic E-state index is 13.1. The second kappa shape index (κ2) is 38.5. The van der Waals surface area contributed by atoms with Crippen LogP contribution in [0.1, 0.15) is 168 Å². The van der Waals surface area contributed by atoms with Gasteiger partial charge in [0.15, 0.2) is 12.6 Å². The Morgan fingerprint density at radius 1 is 0.545 bits per heavy atom. The smallest absolute Gasteiger partial charge is 0.220 e. The van der Waals surface area contributed by atoms with Crippen LogP contribution in [0.2, 0.25) is 0 Å². The van der Waals surface area contributed by atoms with E-state index in [1.54, 1.807) is 6.08 Å². The van der Waals surface area contributed by atoms with Crippen molar-refractivity contribution in [2.45, 2.75) is 242 Å². The van der Waals surface area contributed by atoms with Gasteiger partial charge < -0.3 is 65.1 Å². The molecule has 14 nitrogen and oxygen atoms in total. The third-order valence-corrected chi connectivity index (χ3v) is 12.2. The summed E-state index contributed by atoms with van der Waals surface area (Å²) in [6, 6.07) is -0.946. The highest BCUT2D eigenvalue weighted by Gasteiger charge is 2.51. The van der Waals surface area contributed by atoms with E-state index < -0.39 is 86.8 Å². The summed E-state index contributed by atoms with van der Waals surface area (Å²) < 4.78 is 22.6. The van der Waals surface area contributed by atoms with Crippen LogP contribution < -0.4 is 5.32 Å². The predicted molar refractivity (Wildman–Crippen MR) is 258 cm³/mol. The number of hydrogen-bond donors (Lipinski definition) is 9. The summed E-state index contributed by atoms with van der Waals surface area (Å²) in [5.41, 5.74) is 0. The summed E-state index contributed by atoms with van der Waals surface area (Å²) >= 11 is 0. The van der Waals surface area contributed by atoms with Crippen LogP contribution in [0.5, 0.6) is 0 Å². The fraction of sp³-hybridized carbons (Fsp3) is 0.788. The van der Waals surface area contributed by atoms with Crippen molar-refractivity contribution in [3.8, 4) is 0 Å². The molecule has 2 fully saturated rings. The van der Waals surface area contributed by atoms with Gasteiger partial charge in [0.25, 0.3) is 0 Å². The van der Waals surface area contributed by atoms with E-state index in [9.17, 15) is 45.6 Å². The molecule has 2 saturated heterocycles. The maximum absolute atomic E-state index is 13.1. The zero-order valence-electron chi connectivity index (χ0n) is 40.4. The summed E-state index contributed by atoms with van der Waals surface area (Å²) in [5, 5.41) is 86.7. The molecule has 0 bridgehead atoms. The molecule has 2 aliphatic rings. The number of aliphatic hydroxyl groups is 8. The second-order valence-electron chi connectivity index (χ2n) is 17.9. The molecule has 14 heteroatoms. The van der Waals surface area contributed by atoms with Crippen LogP contribution in [0.15, 0.2) is 60.8 Å². The first-order valence-electron chi connectivity index (χ1n) is 25.5. The van der Waals surface area contributed by atoms with Gasteiger partial charge in [-0.1, -0.05) is 152 Å². The Balaban J connectivity index is 1.89. The highest BCUT2D eigenvalue weighted by molar-refractivity contribution is 5.76. The number of aliphatic hydroxyl groups excluding tert-OH is 8. The van der Waals surface area contributed by atoms with Crippen molar-refractivity contribution in [2.75, 3.05) is 19.8 Å². The molecule has 0 aromatic carbocycles. The second-order valence-corrected chi connectivity index (χ2v) is 17.9. The Morgan fingerprint density at radius 3 is 1.62 bits per heavy atom. The fourth-order valence-electron chi connectivity index (χ4n) is 7.93. The lowest BCUT2D eigenvalue weighted by molar-refractivity contribution is -0.359. The molecule has 1 amide bonds. The van der Waals surface area contributed by atoms with Crippen LogP contribution in [0, 0.1) is 0 Å². The van der Waals surface area contributed by atoms with Crippen molar-refractivity contribution < 1.29 is 64.6 Å². The lowest BCUT2D eigenvalue weighted by atomic mass is 9.97. The predicted octanol–water partition coefficient (Wildman–Crippen LogP) is 6.66. The van der Waals surface area contributed by atoms with Crippen LogP contribution in [-0.2, 0) is 23.7 Å². The zero-order chi connectivity index (χ0) is 48.2. The molecule has 0 aromatic rings. The molecule has 0 aromatic heterocycles. The normalized spacial score (nSPS) is 27.3. The zero-order valence-corrected chi connectivity index (χ0v) is 40.4. The van der Waals surface area contributed by atoms with E-state index >= 15 is 0 Å². The number of amides is 1. The molecule has 0 aliphatic carbocycles. The van der Waals surface area contributed by atoms with Crippen molar-refractivity contribution in [2.24, 2.45) is 0 Å². The van der Waals surface area contributed by atoms with Crippen LogP contribution in [0.3, 0.4) is 0 Å². The summed E-state index contributed by atoms with van der Waals surface area (Å²) in [7, 11) is 0. The summed E-state index contributed by atoms with van der Waals surface area (Å²) in [4.78, 5) is 13.1. The average Bonchev–Trinajstić information content (AvgIpc) is 3.31. The molecule has 0 spiro atoms. The molecule has 0 saturated carbocycles. The molecule has 9 N–H and O–H groups in total. The van der Waals surface area contributed by atoms with Crippen molar-refractivity contribution in [3.63, 3.8) is 0 Å². The van der Waals surface area contributed by atoms with Gasteiger partial charge in [-0.2, -0.15) is 0 Å². The van der Waals surface area contributed by atoms with Gasteiger partial charge in [0.05, 0.1) is 32.0 Å². The Morgan fingerprint density at radius 2 is 1.03 bits per heavy atom. The molecule has 2 heterocycles. The molecule has 12 atom stereocenters. The molecule has 12 unspecified atom stereocenters. The lowest BCUT2D eigenvalue weighted by Crippen LogP contribution is -2.65. The van der Waals surface area contributed by atoms with E-state index in [4.69, 9.17) is 18.9 Å². The molecular formula is C52H91NO13. The van der Waals surface area contributed by atoms with Crippen molar-refractivity contribution >= 4 is 5.91 Å². The van der Waals surface area contributed by atoms with Crippen LogP contribution in [0.25, 0.3) is 0 Å². The van der Waals surface area contributed by atoms with Gasteiger partial charge >= 0.3 is 0 Å². The van der Waals surface area contributed by atoms with Crippen LogP contribution in [-0.4, -0.2) is 140 Å². The van der Waals surface area contributed by atoms with Gasteiger partial charge in [-0.15, -0.1) is 0 Å². The summed E-state index contributed by atoms with van der Waals surface area (Å²) in [5.74, 6) is -0.271. The number of nitrogens with one attached hydrogen (secondary N) is 1. The topological polar surface area (TPSA) is 228 Å². The highest BCUT2D eigenvalue weighted by atomic mass is 16.7. The van der Waals surface area contributed by atoms with Gasteiger partial charge in [0.2, 0.25) is 5.91 Å². The van der Waals surface area contributed by atoms with E-state index in [2.05, 4.69) is 67.8 Å². The van der Waals surface area contributed by atoms with Gasteiger partial charge in [-0.25, -0.2) is 0 Å². The fourth-order valence-corrected chi connectivity index (χ4v) is 7.93. The minimum atomic E-state index is -1.79. The Labute approximate surface area is 396 Å². The van der Waals surface area contributed by atoms with Gasteiger partial charge in [0, 0.05) is 6.42 Å². The Hall–Kier alpha value is -2.31. The largest absolute Gasteiger partial charge is 0.394 e. The van der Waals surface area contributed by atoms with E-state index in [0.29, 0.717) is 12.8 Å². The van der Waals surface area contributed by atoms with Crippen LogP contribution in [0.4, 0.5) is 0 Å². The molecule has 2 aliphatic heterocycles. The first kappa shape index (κ1) is 59.8. The first-order valence-corrected chi connectivity index (χ1v) is 25.5. The van der Waals surface area contributed by atoms with E-state index in [1.807, 2.05) is 6.08 Å². The number of hydrogen-bond acceptors (Lipinski definition) is 13. The Bertz CT molecular complexity index is 1340. The lowest BCUT2D eigenvalue weighted by Gasteiger charge is -2.46. The number of rotatable bonds is 38. The average molecular weight is 938 g/mol. The molecule has 2 rings (SSSR count). The molecule has 66 heavy (non-hydrogen) atoms. The molecule has 0 radical (unpaired) electrons. The SMILES string of the molecule is CCCC/C=C\C/C=C\CCCCCCCC(=O)NC(COC1OC(CO)C(OC2OC(CO)C(O)C(O)C2O)C(O)C1O)C(O)/C=C/CC/C=C/CC/C=C/CCCCCCCCCC. The standard InChI is InChI=1S/C52H91NO13/c1-3-5-7-9-11-13-15-17-19-20-21-22-23-25-27-29-31-33-35-41(56)40(53-44(57)36-34-32-30-28-26-24-18-16-14-12-10-8-6-4-2)39-63-51-49(62)47(60)50(43(38-55)65-51)66-52-48(61)46(59)45(58)42(37-54)64-52/h10,12,16,18,20-21,25,27,33,35,40-43,45-52,54-56,58-62H,3-9,11,13-15,17,19,22-24,26,28-32,34,36-39H2,1-2H3,(H,53,57)/b12-10-,18-16-,21-20+,27-25+,35-33+. The molecular weight excluding hydrogens is 847 g/mol. The first-order chi connectivity index (χ1) is 32.1. The summed E-state index contributed by atoms with van der Waals surface area (Å²) in [6.45, 7) is 2.69. The van der Waals surface area contributed by atoms with Crippen molar-refractivity contribution in [3.05, 3.63) is 60.8 Å². The number of unbranched alkanes of at least 4 members (excludes halogenated alkanes) is 17. The van der Waals surface area contributed by atoms with E-state index in [-0.39, 0.29) is 18.9 Å². The van der Waals surface area contributed by atoms with Crippen LogP contribution >= 0.6 is 0 Å². The van der Waals surface area contributed by atoms with E-state index in [0.717, 1.165) is 70.6 Å². The number of carbonyl (C=O) groups excluding carboxylic acids is 1. The number of carbonyl (C=O) groups is 1. The van der Waals surface area contributed by atoms with Crippen molar-refractivity contribution in [1.82, 2.24) is 5.32 Å². The summed E-state index contributed by atoms with van der Waals surface area (Å²) in [6.07, 6.45) is 29.7. The van der Waals surface area contributed by atoms with Gasteiger partial charge in [0.1, 0.15) is 48.8 Å². The van der Waals surface area contributed by atoms with E-state index in [1.165, 1.54) is 64.2 Å². The van der Waals surface area contributed by atoms with Crippen molar-refractivity contribution in [1.29, 1.82) is 0 Å². The monoisotopic (exact) mass is 938 g/mol. The number of ether oxygens (including phenoxy) is 4. The van der Waals surface area contributed by atoms with Gasteiger partial charge in [-0.3, -0.25) is 4.79 Å². The maximum Gasteiger partial charge on any atom is 0.220 e. The minimum Gasteiger partial charge on any atom is -0.394 e. The minimum absolute atomic E-state index is 0.251.